The van der Waals surface area contributed by atoms with Crippen molar-refractivity contribution >= 4 is 29.7 Å². The second-order valence-electron chi connectivity index (χ2n) is 6.69. The number of carbonyl (C=O) groups is 1. The number of aryl methyl sites for hydroxylation is 2. The quantitative estimate of drug-likeness (QED) is 0.768. The molecule has 2 aromatic rings. The lowest BCUT2D eigenvalue weighted by molar-refractivity contribution is -0.123. The van der Waals surface area contributed by atoms with Gasteiger partial charge < -0.3 is 10.1 Å². The van der Waals surface area contributed by atoms with E-state index in [9.17, 15) is 4.79 Å². The average molecular weight is 395 g/mol. The third-order valence-corrected chi connectivity index (χ3v) is 5.48. The van der Waals surface area contributed by atoms with Gasteiger partial charge in [0.25, 0.3) is 5.91 Å². The first-order chi connectivity index (χ1) is 12.1. The fourth-order valence-corrected chi connectivity index (χ4v) is 4.23. The number of amides is 1. The number of hydrogen-bond donors (Lipinski definition) is 1. The molecule has 1 fully saturated rings. The minimum absolute atomic E-state index is 0. The van der Waals surface area contributed by atoms with Gasteiger partial charge in [-0.05, 0) is 74.5 Å². The van der Waals surface area contributed by atoms with Gasteiger partial charge in [-0.25, -0.2) is 0 Å². The lowest BCUT2D eigenvalue weighted by atomic mass is 10.1. The van der Waals surface area contributed by atoms with Gasteiger partial charge in [-0.1, -0.05) is 12.1 Å². The summed E-state index contributed by atoms with van der Waals surface area (Å²) in [5.74, 6) is 0.682. The number of thiophene rings is 1. The molecule has 1 N–H and O–H groups in total. The summed E-state index contributed by atoms with van der Waals surface area (Å²) in [7, 11) is 0. The Bertz CT molecular complexity index is 680. The predicted octanol–water partition coefficient (Wildman–Crippen LogP) is 4.12. The van der Waals surface area contributed by atoms with Gasteiger partial charge in [0.2, 0.25) is 0 Å². The second kappa shape index (κ2) is 9.95. The lowest BCUT2D eigenvalue weighted by Crippen LogP contribution is -2.38. The molecule has 1 aliphatic rings. The number of nitrogens with zero attached hydrogens (tertiary/aromatic N) is 1. The van der Waals surface area contributed by atoms with Crippen LogP contribution in [0.2, 0.25) is 0 Å². The maximum Gasteiger partial charge on any atom is 0.258 e. The highest BCUT2D eigenvalue weighted by Crippen LogP contribution is 2.27. The van der Waals surface area contributed by atoms with Gasteiger partial charge in [-0.2, -0.15) is 0 Å². The normalized spacial score (nSPS) is 15.3. The molecule has 0 spiro atoms. The summed E-state index contributed by atoms with van der Waals surface area (Å²) in [6.07, 6.45) is 2.48. The van der Waals surface area contributed by atoms with E-state index in [1.165, 1.54) is 17.7 Å². The molecule has 6 heteroatoms. The molecule has 26 heavy (non-hydrogen) atoms. The maximum atomic E-state index is 12.2. The van der Waals surface area contributed by atoms with Crippen molar-refractivity contribution in [1.29, 1.82) is 0 Å². The zero-order chi connectivity index (χ0) is 17.6. The number of rotatable bonds is 7. The van der Waals surface area contributed by atoms with Gasteiger partial charge in [0.1, 0.15) is 5.75 Å². The molecule has 1 unspecified atom stereocenters. The molecule has 1 aliphatic heterocycles. The zero-order valence-corrected chi connectivity index (χ0v) is 17.0. The minimum atomic E-state index is -0.0695. The van der Waals surface area contributed by atoms with Gasteiger partial charge in [0.15, 0.2) is 6.61 Å². The molecular formula is C20H27ClN2O2S. The Morgan fingerprint density at radius 2 is 1.92 bits per heavy atom. The SMILES string of the molecule is Cc1cc(C)cc(OCC(=O)NCC(c2cccs2)N2CCCC2)c1.Cl. The third kappa shape index (κ3) is 5.73. The first-order valence-corrected chi connectivity index (χ1v) is 9.75. The van der Waals surface area contributed by atoms with Crippen LogP contribution >= 0.6 is 23.7 Å². The summed E-state index contributed by atoms with van der Waals surface area (Å²) in [5.41, 5.74) is 2.28. The second-order valence-corrected chi connectivity index (χ2v) is 7.67. The Labute approximate surface area is 166 Å². The molecule has 4 nitrogen and oxygen atoms in total. The number of hydrogen-bond acceptors (Lipinski definition) is 4. The average Bonchev–Trinajstić information content (AvgIpc) is 3.26. The zero-order valence-electron chi connectivity index (χ0n) is 15.4. The van der Waals surface area contributed by atoms with Gasteiger partial charge >= 0.3 is 0 Å². The highest BCUT2D eigenvalue weighted by Gasteiger charge is 2.24. The van der Waals surface area contributed by atoms with E-state index < -0.39 is 0 Å². The minimum Gasteiger partial charge on any atom is -0.484 e. The molecule has 2 heterocycles. The molecule has 1 atom stereocenters. The van der Waals surface area contributed by atoms with E-state index in [-0.39, 0.29) is 31.0 Å². The van der Waals surface area contributed by atoms with Gasteiger partial charge in [-0.3, -0.25) is 9.69 Å². The predicted molar refractivity (Wildman–Crippen MR) is 110 cm³/mol. The molecule has 0 bridgehead atoms. The number of ether oxygens (including phenoxy) is 1. The summed E-state index contributed by atoms with van der Waals surface area (Å²) in [6.45, 7) is 6.97. The summed E-state index contributed by atoms with van der Waals surface area (Å²) in [4.78, 5) is 16.0. The van der Waals surface area contributed by atoms with Crippen LogP contribution in [-0.4, -0.2) is 37.0 Å². The van der Waals surface area contributed by atoms with Crippen LogP contribution in [0.4, 0.5) is 0 Å². The third-order valence-electron chi connectivity index (χ3n) is 4.51. The molecule has 1 amide bonds. The van der Waals surface area contributed by atoms with Crippen LogP contribution in [0, 0.1) is 13.8 Å². The highest BCUT2D eigenvalue weighted by atomic mass is 35.5. The molecule has 1 saturated heterocycles. The highest BCUT2D eigenvalue weighted by molar-refractivity contribution is 7.10. The van der Waals surface area contributed by atoms with Gasteiger partial charge in [0, 0.05) is 11.4 Å². The van der Waals surface area contributed by atoms with Gasteiger partial charge in [0.05, 0.1) is 6.04 Å². The van der Waals surface area contributed by atoms with Crippen molar-refractivity contribution in [3.05, 3.63) is 51.7 Å². The Morgan fingerprint density at radius 1 is 1.23 bits per heavy atom. The molecule has 0 saturated carbocycles. The van der Waals surface area contributed by atoms with Crippen molar-refractivity contribution in [2.24, 2.45) is 0 Å². The Morgan fingerprint density at radius 3 is 2.54 bits per heavy atom. The molecule has 142 valence electrons. The van der Waals surface area contributed by atoms with Crippen molar-refractivity contribution in [2.45, 2.75) is 32.7 Å². The summed E-state index contributed by atoms with van der Waals surface area (Å²) in [5, 5.41) is 5.15. The standard InChI is InChI=1S/C20H26N2O2S.ClH/c1-15-10-16(2)12-17(11-15)24-14-20(23)21-13-18(19-6-5-9-25-19)22-7-3-4-8-22;/h5-6,9-12,18H,3-4,7-8,13-14H2,1-2H3,(H,21,23);1H. The smallest absolute Gasteiger partial charge is 0.258 e. The van der Waals surface area contributed by atoms with E-state index >= 15 is 0 Å². The lowest BCUT2D eigenvalue weighted by Gasteiger charge is -2.26. The number of benzene rings is 1. The number of nitrogens with one attached hydrogen (secondary N) is 1. The molecular weight excluding hydrogens is 368 g/mol. The van der Waals surface area contributed by atoms with E-state index in [0.29, 0.717) is 6.54 Å². The molecule has 0 aliphatic carbocycles. The number of likely N-dealkylation sites (tertiary alicyclic amines) is 1. The first kappa shape index (κ1) is 20.7. The first-order valence-electron chi connectivity index (χ1n) is 8.87. The Balaban J connectivity index is 0.00000243. The molecule has 3 rings (SSSR count). The molecule has 1 aromatic heterocycles. The van der Waals surface area contributed by atoms with Crippen LogP contribution in [0.25, 0.3) is 0 Å². The summed E-state index contributed by atoms with van der Waals surface area (Å²) >= 11 is 1.76. The van der Waals surface area contributed by atoms with Crippen LogP contribution in [0.15, 0.2) is 35.7 Å². The summed E-state index contributed by atoms with van der Waals surface area (Å²) in [6, 6.07) is 10.5. The van der Waals surface area contributed by atoms with Crippen molar-refractivity contribution in [2.75, 3.05) is 26.2 Å². The summed E-state index contributed by atoms with van der Waals surface area (Å²) < 4.78 is 5.65. The van der Waals surface area contributed by atoms with Crippen LogP contribution < -0.4 is 10.1 Å². The van der Waals surface area contributed by atoms with Crippen LogP contribution in [-0.2, 0) is 4.79 Å². The van der Waals surface area contributed by atoms with Gasteiger partial charge in [-0.15, -0.1) is 23.7 Å². The Hall–Kier alpha value is -1.56. The van der Waals surface area contributed by atoms with Crippen LogP contribution in [0.5, 0.6) is 5.75 Å². The topological polar surface area (TPSA) is 41.6 Å². The van der Waals surface area contributed by atoms with E-state index in [4.69, 9.17) is 4.74 Å². The van der Waals surface area contributed by atoms with Crippen molar-refractivity contribution in [3.8, 4) is 5.75 Å². The largest absolute Gasteiger partial charge is 0.484 e. The van der Waals surface area contributed by atoms with E-state index in [1.54, 1.807) is 11.3 Å². The molecule has 1 aromatic carbocycles. The molecule has 0 radical (unpaired) electrons. The monoisotopic (exact) mass is 394 g/mol. The van der Waals surface area contributed by atoms with Crippen molar-refractivity contribution in [1.82, 2.24) is 10.2 Å². The van der Waals surface area contributed by atoms with E-state index in [1.807, 2.05) is 26.0 Å². The van der Waals surface area contributed by atoms with E-state index in [0.717, 1.165) is 30.0 Å². The van der Waals surface area contributed by atoms with Crippen LogP contribution in [0.3, 0.4) is 0 Å². The fraction of sp³-hybridized carbons (Fsp3) is 0.450. The fourth-order valence-electron chi connectivity index (χ4n) is 3.37. The van der Waals surface area contributed by atoms with Crippen molar-refractivity contribution in [3.63, 3.8) is 0 Å². The Kier molecular flexibility index (Phi) is 7.94. The van der Waals surface area contributed by atoms with Crippen LogP contribution in [0.1, 0.15) is 34.9 Å². The maximum absolute atomic E-state index is 12.2. The number of carbonyl (C=O) groups excluding carboxylic acids is 1. The number of halogens is 1. The van der Waals surface area contributed by atoms with Crippen molar-refractivity contribution < 1.29 is 9.53 Å². The van der Waals surface area contributed by atoms with E-state index in [2.05, 4.69) is 33.8 Å².